The van der Waals surface area contributed by atoms with Gasteiger partial charge in [0, 0.05) is 18.6 Å². The van der Waals surface area contributed by atoms with Crippen LogP contribution in [0.3, 0.4) is 0 Å². The monoisotopic (exact) mass is 267 g/mol. The lowest BCUT2D eigenvalue weighted by Gasteiger charge is -2.38. The summed E-state index contributed by atoms with van der Waals surface area (Å²) in [4.78, 5) is 5.12. The summed E-state index contributed by atoms with van der Waals surface area (Å²) in [7, 11) is 2.27. The summed E-state index contributed by atoms with van der Waals surface area (Å²) < 4.78 is 0. The average molecular weight is 267 g/mol. The first-order chi connectivity index (χ1) is 9.19. The van der Waals surface area contributed by atoms with Gasteiger partial charge in [0.25, 0.3) is 0 Å². The van der Waals surface area contributed by atoms with Crippen molar-refractivity contribution in [2.24, 2.45) is 5.92 Å². The quantitative estimate of drug-likeness (QED) is 0.824. The molecule has 3 nitrogen and oxygen atoms in total. The minimum Gasteiger partial charge on any atom is -0.311 e. The van der Waals surface area contributed by atoms with Gasteiger partial charge in [-0.1, -0.05) is 6.92 Å². The Bertz CT molecular complexity index is 248. The molecule has 0 aliphatic carbocycles. The van der Waals surface area contributed by atoms with Crippen molar-refractivity contribution < 1.29 is 0 Å². The summed E-state index contributed by atoms with van der Waals surface area (Å²) in [5.41, 5.74) is 0. The van der Waals surface area contributed by atoms with E-state index in [0.717, 1.165) is 12.0 Å². The Kier molecular flexibility index (Phi) is 6.11. The van der Waals surface area contributed by atoms with Crippen LogP contribution in [0.2, 0.25) is 0 Å². The van der Waals surface area contributed by atoms with Crippen molar-refractivity contribution in [3.63, 3.8) is 0 Å². The number of hydrogen-bond acceptors (Lipinski definition) is 3. The summed E-state index contributed by atoms with van der Waals surface area (Å²) in [6.45, 7) is 11.1. The van der Waals surface area contributed by atoms with E-state index in [1.807, 2.05) is 0 Å². The second kappa shape index (κ2) is 7.61. The third kappa shape index (κ3) is 4.73. The van der Waals surface area contributed by atoms with Gasteiger partial charge in [-0.05, 0) is 78.2 Å². The highest BCUT2D eigenvalue weighted by atomic mass is 15.1. The van der Waals surface area contributed by atoms with E-state index >= 15 is 0 Å². The second-order valence-corrected chi connectivity index (χ2v) is 6.74. The van der Waals surface area contributed by atoms with Crippen molar-refractivity contribution in [1.29, 1.82) is 0 Å². The third-order valence-electron chi connectivity index (χ3n) is 4.99. The molecule has 0 aromatic heterocycles. The van der Waals surface area contributed by atoms with E-state index in [4.69, 9.17) is 0 Å². The minimum atomic E-state index is 0.686. The number of rotatable bonds is 5. The summed E-state index contributed by atoms with van der Waals surface area (Å²) in [5, 5.41) is 3.92. The Balaban J connectivity index is 1.69. The van der Waals surface area contributed by atoms with Crippen molar-refractivity contribution in [2.75, 3.05) is 39.8 Å². The van der Waals surface area contributed by atoms with Crippen LogP contribution in [0.25, 0.3) is 0 Å². The van der Waals surface area contributed by atoms with Crippen LogP contribution in [-0.2, 0) is 0 Å². The summed E-state index contributed by atoms with van der Waals surface area (Å²) >= 11 is 0. The Morgan fingerprint density at radius 2 is 1.89 bits per heavy atom. The van der Waals surface area contributed by atoms with Gasteiger partial charge in [0.15, 0.2) is 0 Å². The molecule has 0 aromatic rings. The molecule has 112 valence electrons. The number of nitrogens with zero attached hydrogens (tertiary/aromatic N) is 2. The lowest BCUT2D eigenvalue weighted by atomic mass is 9.90. The van der Waals surface area contributed by atoms with Crippen LogP contribution in [0.5, 0.6) is 0 Å². The molecule has 1 N–H and O–H groups in total. The molecular weight excluding hydrogens is 234 g/mol. The first kappa shape index (κ1) is 15.3. The van der Waals surface area contributed by atoms with Gasteiger partial charge in [0.05, 0.1) is 0 Å². The molecule has 2 aliphatic heterocycles. The molecule has 2 heterocycles. The highest BCUT2D eigenvalue weighted by Crippen LogP contribution is 2.20. The molecule has 0 amide bonds. The summed E-state index contributed by atoms with van der Waals surface area (Å²) in [6, 6.07) is 1.45. The molecule has 0 aromatic carbocycles. The average Bonchev–Trinajstić information content (AvgIpc) is 2.41. The van der Waals surface area contributed by atoms with Crippen molar-refractivity contribution in [3.8, 4) is 0 Å². The van der Waals surface area contributed by atoms with Crippen LogP contribution in [0.1, 0.15) is 46.0 Å². The molecule has 2 rings (SSSR count). The van der Waals surface area contributed by atoms with Gasteiger partial charge in [0.1, 0.15) is 0 Å². The standard InChI is InChI=1S/C16H33N3/c1-4-9-19-11-7-16(8-12-19)17-14(2)15-6-5-10-18(3)13-15/h14-17H,4-13H2,1-3H3. The zero-order valence-electron chi connectivity index (χ0n) is 13.2. The molecule has 0 saturated carbocycles. The number of nitrogens with one attached hydrogen (secondary N) is 1. The van der Waals surface area contributed by atoms with Crippen LogP contribution < -0.4 is 5.32 Å². The topological polar surface area (TPSA) is 18.5 Å². The molecule has 19 heavy (non-hydrogen) atoms. The van der Waals surface area contributed by atoms with E-state index in [9.17, 15) is 0 Å². The van der Waals surface area contributed by atoms with Gasteiger partial charge in [-0.25, -0.2) is 0 Å². The van der Waals surface area contributed by atoms with Gasteiger partial charge >= 0.3 is 0 Å². The fraction of sp³-hybridized carbons (Fsp3) is 1.00. The predicted octanol–water partition coefficient (Wildman–Crippen LogP) is 2.18. The number of piperidine rings is 2. The van der Waals surface area contributed by atoms with E-state index in [1.54, 1.807) is 0 Å². The first-order valence-corrected chi connectivity index (χ1v) is 8.36. The van der Waals surface area contributed by atoms with Crippen molar-refractivity contribution in [3.05, 3.63) is 0 Å². The molecule has 0 bridgehead atoms. The van der Waals surface area contributed by atoms with Crippen LogP contribution in [0.15, 0.2) is 0 Å². The Morgan fingerprint density at radius 3 is 2.53 bits per heavy atom. The van der Waals surface area contributed by atoms with Crippen molar-refractivity contribution >= 4 is 0 Å². The van der Waals surface area contributed by atoms with Gasteiger partial charge < -0.3 is 15.1 Å². The SMILES string of the molecule is CCCN1CCC(NC(C)C2CCCN(C)C2)CC1. The molecule has 2 atom stereocenters. The lowest BCUT2D eigenvalue weighted by molar-refractivity contribution is 0.150. The van der Waals surface area contributed by atoms with Crippen LogP contribution in [0.4, 0.5) is 0 Å². The van der Waals surface area contributed by atoms with Gasteiger partial charge in [-0.3, -0.25) is 0 Å². The van der Waals surface area contributed by atoms with Crippen LogP contribution in [0, 0.1) is 5.92 Å². The van der Waals surface area contributed by atoms with Gasteiger partial charge in [-0.15, -0.1) is 0 Å². The molecule has 0 spiro atoms. The fourth-order valence-electron chi connectivity index (χ4n) is 3.76. The maximum atomic E-state index is 3.92. The molecule has 2 fully saturated rings. The highest BCUT2D eigenvalue weighted by Gasteiger charge is 2.26. The molecule has 2 saturated heterocycles. The molecule has 3 heteroatoms. The Labute approximate surface area is 119 Å². The highest BCUT2D eigenvalue weighted by molar-refractivity contribution is 4.84. The maximum Gasteiger partial charge on any atom is 0.00940 e. The Hall–Kier alpha value is -0.120. The van der Waals surface area contributed by atoms with Crippen molar-refractivity contribution in [1.82, 2.24) is 15.1 Å². The lowest BCUT2D eigenvalue weighted by Crippen LogP contribution is -2.50. The minimum absolute atomic E-state index is 0.686. The molecular formula is C16H33N3. The zero-order chi connectivity index (χ0) is 13.7. The van der Waals surface area contributed by atoms with Gasteiger partial charge in [-0.2, -0.15) is 0 Å². The number of likely N-dealkylation sites (tertiary alicyclic amines) is 2. The predicted molar refractivity (Wildman–Crippen MR) is 82.6 cm³/mol. The third-order valence-corrected chi connectivity index (χ3v) is 4.99. The molecule has 2 unspecified atom stereocenters. The zero-order valence-corrected chi connectivity index (χ0v) is 13.2. The largest absolute Gasteiger partial charge is 0.311 e. The summed E-state index contributed by atoms with van der Waals surface area (Å²) in [6.07, 6.45) is 6.76. The summed E-state index contributed by atoms with van der Waals surface area (Å²) in [5.74, 6) is 0.854. The molecule has 0 radical (unpaired) electrons. The van der Waals surface area contributed by atoms with E-state index in [2.05, 4.69) is 36.0 Å². The van der Waals surface area contributed by atoms with Crippen molar-refractivity contribution in [2.45, 2.75) is 58.0 Å². The van der Waals surface area contributed by atoms with Gasteiger partial charge in [0.2, 0.25) is 0 Å². The number of hydrogen-bond donors (Lipinski definition) is 1. The normalized spacial score (nSPS) is 29.5. The van der Waals surface area contributed by atoms with E-state index in [0.29, 0.717) is 6.04 Å². The fourth-order valence-corrected chi connectivity index (χ4v) is 3.76. The second-order valence-electron chi connectivity index (χ2n) is 6.74. The smallest absolute Gasteiger partial charge is 0.00940 e. The Morgan fingerprint density at radius 1 is 1.16 bits per heavy atom. The maximum absolute atomic E-state index is 3.92. The van der Waals surface area contributed by atoms with Crippen LogP contribution in [-0.4, -0.2) is 61.7 Å². The van der Waals surface area contributed by atoms with E-state index in [-0.39, 0.29) is 0 Å². The van der Waals surface area contributed by atoms with E-state index < -0.39 is 0 Å². The van der Waals surface area contributed by atoms with Crippen LogP contribution >= 0.6 is 0 Å². The first-order valence-electron chi connectivity index (χ1n) is 8.36. The molecule has 2 aliphatic rings. The van der Waals surface area contributed by atoms with E-state index in [1.165, 1.54) is 64.8 Å².